The van der Waals surface area contributed by atoms with Gasteiger partial charge in [0, 0.05) is 6.04 Å². The van der Waals surface area contributed by atoms with Crippen LogP contribution in [0, 0.1) is 5.41 Å². The average molecular weight is 382 g/mol. The molecule has 150 valence electrons. The average Bonchev–Trinajstić information content (AvgIpc) is 3.33. The number of hydrogen-bond acceptors (Lipinski definition) is 3. The number of fused-ring (bicyclic) bond motifs is 2. The first-order valence-electron chi connectivity index (χ1n) is 11.0. The van der Waals surface area contributed by atoms with E-state index in [4.69, 9.17) is 5.73 Å². The third-order valence-corrected chi connectivity index (χ3v) is 7.68. The van der Waals surface area contributed by atoms with E-state index in [-0.39, 0.29) is 29.9 Å². The molecule has 0 bridgehead atoms. The van der Waals surface area contributed by atoms with Gasteiger partial charge in [0.05, 0.1) is 12.1 Å². The highest BCUT2D eigenvalue weighted by atomic mass is 16.2. The van der Waals surface area contributed by atoms with Gasteiger partial charge < -0.3 is 16.0 Å². The summed E-state index contributed by atoms with van der Waals surface area (Å²) in [7, 11) is 0. The summed E-state index contributed by atoms with van der Waals surface area (Å²) in [5, 5.41) is 3.28. The fourth-order valence-corrected chi connectivity index (χ4v) is 5.88. The first-order valence-corrected chi connectivity index (χ1v) is 11.0. The largest absolute Gasteiger partial charge is 0.347 e. The van der Waals surface area contributed by atoms with Crippen molar-refractivity contribution < 1.29 is 9.59 Å². The minimum Gasteiger partial charge on any atom is -0.347 e. The van der Waals surface area contributed by atoms with Crippen molar-refractivity contribution in [3.05, 3.63) is 35.4 Å². The van der Waals surface area contributed by atoms with Crippen molar-refractivity contribution in [2.24, 2.45) is 11.1 Å². The summed E-state index contributed by atoms with van der Waals surface area (Å²) in [5.74, 6) is 0.00383. The van der Waals surface area contributed by atoms with Crippen LogP contribution in [0.5, 0.6) is 0 Å². The lowest BCUT2D eigenvalue weighted by atomic mass is 9.87. The number of hydrogen-bond donors (Lipinski definition) is 2. The Bertz CT molecular complexity index is 788. The highest BCUT2D eigenvalue weighted by molar-refractivity contribution is 5.91. The molecule has 1 spiro atoms. The van der Waals surface area contributed by atoms with E-state index in [0.29, 0.717) is 5.41 Å². The predicted octanol–water partition coefficient (Wildman–Crippen LogP) is 2.83. The van der Waals surface area contributed by atoms with Gasteiger partial charge in [-0.25, -0.2) is 0 Å². The highest BCUT2D eigenvalue weighted by Crippen LogP contribution is 2.55. The molecular weight excluding hydrogens is 350 g/mol. The molecule has 3 N–H and O–H groups in total. The monoisotopic (exact) mass is 381 g/mol. The molecular formula is C23H31N3O2. The van der Waals surface area contributed by atoms with Crippen LogP contribution in [0.2, 0.25) is 0 Å². The molecule has 2 aliphatic heterocycles. The van der Waals surface area contributed by atoms with Crippen LogP contribution in [0.3, 0.4) is 0 Å². The Balaban J connectivity index is 1.32. The van der Waals surface area contributed by atoms with Gasteiger partial charge in [0.1, 0.15) is 6.04 Å². The standard InChI is InChI=1S/C23H31N3O2/c24-18-14-23(12-13-23)11-10-16-8-9-20(26(16)22(18)28)21(27)25-19-7-3-5-15-4-1-2-6-17(15)19/h1-2,4,6,16,18-20H,3,5,7-14,24H2,(H,25,27)/t16?,18?,19-,20?/m1/s1. The van der Waals surface area contributed by atoms with E-state index in [1.54, 1.807) is 0 Å². The number of nitrogens with one attached hydrogen (secondary N) is 1. The topological polar surface area (TPSA) is 75.4 Å². The minimum absolute atomic E-state index is 0.00216. The Morgan fingerprint density at radius 1 is 1.11 bits per heavy atom. The van der Waals surface area contributed by atoms with Crippen LogP contribution in [0.1, 0.15) is 75.0 Å². The Kier molecular flexibility index (Phi) is 4.46. The van der Waals surface area contributed by atoms with Crippen molar-refractivity contribution in [1.82, 2.24) is 10.2 Å². The van der Waals surface area contributed by atoms with Gasteiger partial charge in [-0.2, -0.15) is 0 Å². The van der Waals surface area contributed by atoms with Crippen LogP contribution in [0.25, 0.3) is 0 Å². The zero-order chi connectivity index (χ0) is 19.3. The molecule has 4 aliphatic rings. The summed E-state index contributed by atoms with van der Waals surface area (Å²) in [5.41, 5.74) is 9.21. The number of amides is 2. The van der Waals surface area contributed by atoms with Crippen LogP contribution in [-0.2, 0) is 16.0 Å². The van der Waals surface area contributed by atoms with Gasteiger partial charge in [-0.15, -0.1) is 0 Å². The van der Waals surface area contributed by atoms with Crippen LogP contribution in [-0.4, -0.2) is 34.8 Å². The number of aryl methyl sites for hydroxylation is 1. The molecule has 0 aromatic heterocycles. The Hall–Kier alpha value is -1.88. The summed E-state index contributed by atoms with van der Waals surface area (Å²) in [6.07, 6.45) is 10.2. The number of rotatable bonds is 2. The highest BCUT2D eigenvalue weighted by Gasteiger charge is 2.51. The first-order chi connectivity index (χ1) is 13.6. The summed E-state index contributed by atoms with van der Waals surface area (Å²) >= 11 is 0. The Labute approximate surface area is 167 Å². The Morgan fingerprint density at radius 2 is 1.93 bits per heavy atom. The van der Waals surface area contributed by atoms with Crippen molar-refractivity contribution in [2.45, 2.75) is 88.4 Å². The van der Waals surface area contributed by atoms with Crippen LogP contribution < -0.4 is 11.1 Å². The molecule has 5 heteroatoms. The second-order valence-electron chi connectivity index (χ2n) is 9.49. The van der Waals surface area contributed by atoms with Crippen molar-refractivity contribution in [2.75, 3.05) is 0 Å². The first kappa shape index (κ1) is 18.2. The zero-order valence-electron chi connectivity index (χ0n) is 16.5. The van der Waals surface area contributed by atoms with Crippen molar-refractivity contribution in [3.8, 4) is 0 Å². The number of benzene rings is 1. The second kappa shape index (κ2) is 6.87. The summed E-state index contributed by atoms with van der Waals surface area (Å²) in [6, 6.07) is 7.84. The van der Waals surface area contributed by atoms with E-state index < -0.39 is 6.04 Å². The van der Waals surface area contributed by atoms with Crippen LogP contribution in [0.4, 0.5) is 0 Å². The van der Waals surface area contributed by atoms with E-state index in [2.05, 4.69) is 23.5 Å². The zero-order valence-corrected chi connectivity index (χ0v) is 16.5. The van der Waals surface area contributed by atoms with E-state index in [1.807, 2.05) is 11.0 Å². The van der Waals surface area contributed by atoms with E-state index >= 15 is 0 Å². The van der Waals surface area contributed by atoms with Crippen molar-refractivity contribution in [3.63, 3.8) is 0 Å². The van der Waals surface area contributed by atoms with Gasteiger partial charge in [0.15, 0.2) is 0 Å². The van der Waals surface area contributed by atoms with Gasteiger partial charge >= 0.3 is 0 Å². The summed E-state index contributed by atoms with van der Waals surface area (Å²) < 4.78 is 0. The van der Waals surface area contributed by atoms with E-state index in [0.717, 1.165) is 51.4 Å². The predicted molar refractivity (Wildman–Crippen MR) is 107 cm³/mol. The number of carbonyl (C=O) groups is 2. The van der Waals surface area contributed by atoms with Gasteiger partial charge in [-0.1, -0.05) is 24.3 Å². The molecule has 3 unspecified atom stereocenters. The quantitative estimate of drug-likeness (QED) is 0.827. The molecule has 3 fully saturated rings. The molecule has 2 aliphatic carbocycles. The molecule has 5 rings (SSSR count). The summed E-state index contributed by atoms with van der Waals surface area (Å²) in [6.45, 7) is 0. The second-order valence-corrected chi connectivity index (χ2v) is 9.49. The lowest BCUT2D eigenvalue weighted by molar-refractivity contribution is -0.143. The fourth-order valence-electron chi connectivity index (χ4n) is 5.88. The molecule has 4 atom stereocenters. The molecule has 5 nitrogen and oxygen atoms in total. The third kappa shape index (κ3) is 3.14. The van der Waals surface area contributed by atoms with Crippen molar-refractivity contribution in [1.29, 1.82) is 0 Å². The van der Waals surface area contributed by atoms with Crippen LogP contribution in [0.15, 0.2) is 24.3 Å². The number of nitrogens with zero attached hydrogens (tertiary/aromatic N) is 1. The van der Waals surface area contributed by atoms with Crippen LogP contribution >= 0.6 is 0 Å². The maximum Gasteiger partial charge on any atom is 0.243 e. The minimum atomic E-state index is -0.450. The van der Waals surface area contributed by atoms with Gasteiger partial charge in [-0.3, -0.25) is 9.59 Å². The lowest BCUT2D eigenvalue weighted by Gasteiger charge is -2.37. The summed E-state index contributed by atoms with van der Waals surface area (Å²) in [4.78, 5) is 28.2. The normalized spacial score (nSPS) is 33.6. The maximum absolute atomic E-state index is 13.2. The molecule has 28 heavy (non-hydrogen) atoms. The molecule has 1 aromatic carbocycles. The van der Waals surface area contributed by atoms with E-state index in [1.165, 1.54) is 24.0 Å². The van der Waals surface area contributed by atoms with Gasteiger partial charge in [-0.05, 0) is 80.8 Å². The number of nitrogens with two attached hydrogens (primary N) is 1. The molecule has 2 heterocycles. The molecule has 2 amide bonds. The Morgan fingerprint density at radius 3 is 2.75 bits per heavy atom. The SMILES string of the molecule is NC1CC2(CCC3CCC(C(=O)N[C@@H]4CCCc5ccccc54)N3C1=O)CC2. The molecule has 0 radical (unpaired) electrons. The maximum atomic E-state index is 13.2. The smallest absolute Gasteiger partial charge is 0.243 e. The fraction of sp³-hybridized carbons (Fsp3) is 0.652. The number of carbonyl (C=O) groups excluding carboxylic acids is 2. The third-order valence-electron chi connectivity index (χ3n) is 7.68. The van der Waals surface area contributed by atoms with Gasteiger partial charge in [0.25, 0.3) is 0 Å². The van der Waals surface area contributed by atoms with Gasteiger partial charge in [0.2, 0.25) is 11.8 Å². The molecule has 1 aromatic rings. The molecule has 2 saturated heterocycles. The van der Waals surface area contributed by atoms with Crippen molar-refractivity contribution >= 4 is 11.8 Å². The lowest BCUT2D eigenvalue weighted by Crippen LogP contribution is -2.55. The molecule has 1 saturated carbocycles. The van der Waals surface area contributed by atoms with E-state index in [9.17, 15) is 9.59 Å².